The van der Waals surface area contributed by atoms with Crippen LogP contribution in [0.1, 0.15) is 18.4 Å². The summed E-state index contributed by atoms with van der Waals surface area (Å²) in [5, 5.41) is 31.0. The Morgan fingerprint density at radius 2 is 2.19 bits per heavy atom. The molecule has 0 aromatic heterocycles. The maximum absolute atomic E-state index is 10.9. The predicted molar refractivity (Wildman–Crippen MR) is 86.3 cm³/mol. The highest BCUT2D eigenvalue weighted by molar-refractivity contribution is 6.31. The summed E-state index contributed by atoms with van der Waals surface area (Å²) in [5.74, 6) is -2.24. The number of halogens is 1. The molecule has 132 valence electrons. The molecule has 5 atom stereocenters. The maximum Gasteiger partial charge on any atom is 0.343 e. The van der Waals surface area contributed by atoms with Crippen LogP contribution in [0, 0.1) is 43.6 Å². The second-order valence-electron chi connectivity index (χ2n) is 6.63. The SMILES string of the molecule is C[C@@H]1CO[C@@]2([NH+]=C(N)[C@@]3(C#N)[C@@H](c4ccc([N+](=O)[O-])cc4Cl)[C@@]23C#N)O1. The molecule has 3 N–H and O–H groups in total. The largest absolute Gasteiger partial charge is 0.343 e. The van der Waals surface area contributed by atoms with Crippen LogP contribution in [0.2, 0.25) is 5.02 Å². The van der Waals surface area contributed by atoms with E-state index in [4.69, 9.17) is 26.8 Å². The van der Waals surface area contributed by atoms with Crippen LogP contribution in [0.3, 0.4) is 0 Å². The number of fused-ring (bicyclic) bond motifs is 2. The van der Waals surface area contributed by atoms with E-state index in [9.17, 15) is 20.6 Å². The van der Waals surface area contributed by atoms with Gasteiger partial charge in [-0.25, -0.2) is 4.99 Å². The zero-order chi connectivity index (χ0) is 18.9. The number of nitro benzene ring substituents is 1. The number of benzene rings is 1. The van der Waals surface area contributed by atoms with E-state index < -0.39 is 27.6 Å². The maximum atomic E-state index is 10.9. The predicted octanol–water partition coefficient (Wildman–Crippen LogP) is -0.0941. The number of hydrogen-bond donors (Lipinski definition) is 2. The van der Waals surface area contributed by atoms with Gasteiger partial charge in [-0.2, -0.15) is 10.5 Å². The van der Waals surface area contributed by atoms with E-state index in [0.717, 1.165) is 0 Å². The molecular formula is C16H13ClN5O4+. The van der Waals surface area contributed by atoms with Crippen molar-refractivity contribution in [2.24, 2.45) is 16.6 Å². The topological polar surface area (TPSA) is 149 Å². The first-order valence-corrected chi connectivity index (χ1v) is 8.16. The first kappa shape index (κ1) is 16.7. The lowest BCUT2D eigenvalue weighted by Crippen LogP contribution is -2.90. The third kappa shape index (κ3) is 1.59. The molecule has 2 aliphatic heterocycles. The molecular weight excluding hydrogens is 362 g/mol. The third-order valence-corrected chi connectivity index (χ3v) is 5.72. The van der Waals surface area contributed by atoms with Gasteiger partial charge in [0.05, 0.1) is 34.8 Å². The van der Waals surface area contributed by atoms with Gasteiger partial charge in [0.1, 0.15) is 0 Å². The summed E-state index contributed by atoms with van der Waals surface area (Å²) in [6, 6.07) is 8.22. The van der Waals surface area contributed by atoms with Gasteiger partial charge in [0.15, 0.2) is 10.8 Å². The van der Waals surface area contributed by atoms with Gasteiger partial charge in [0.2, 0.25) is 0 Å². The Morgan fingerprint density at radius 1 is 1.46 bits per heavy atom. The molecule has 3 aliphatic rings. The van der Waals surface area contributed by atoms with Gasteiger partial charge in [0.25, 0.3) is 11.5 Å². The summed E-state index contributed by atoms with van der Waals surface area (Å²) in [4.78, 5) is 13.2. The Morgan fingerprint density at radius 3 is 2.69 bits per heavy atom. The Kier molecular flexibility index (Phi) is 3.17. The molecule has 2 fully saturated rings. The van der Waals surface area contributed by atoms with Crippen LogP contribution in [0.5, 0.6) is 0 Å². The smallest absolute Gasteiger partial charge is 0.311 e. The molecule has 4 rings (SSSR count). The fraction of sp³-hybridized carbons (Fsp3) is 0.438. The Balaban J connectivity index is 1.90. The van der Waals surface area contributed by atoms with Gasteiger partial charge in [-0.15, -0.1) is 0 Å². The number of hydrogen-bond acceptors (Lipinski definition) is 7. The molecule has 1 aliphatic carbocycles. The van der Waals surface area contributed by atoms with Gasteiger partial charge < -0.3 is 9.47 Å². The summed E-state index contributed by atoms with van der Waals surface area (Å²) in [7, 11) is 0. The molecule has 1 aromatic carbocycles. The Labute approximate surface area is 152 Å². The van der Waals surface area contributed by atoms with Crippen LogP contribution >= 0.6 is 11.6 Å². The molecule has 2 heterocycles. The first-order valence-electron chi connectivity index (χ1n) is 7.79. The van der Waals surface area contributed by atoms with Crippen LogP contribution in [0.25, 0.3) is 0 Å². The van der Waals surface area contributed by atoms with E-state index in [0.29, 0.717) is 5.56 Å². The molecule has 0 bridgehead atoms. The van der Waals surface area contributed by atoms with E-state index in [2.05, 4.69) is 17.1 Å². The van der Waals surface area contributed by atoms with Crippen LogP contribution in [-0.2, 0) is 9.47 Å². The fourth-order valence-corrected chi connectivity index (χ4v) is 4.58. The number of nitrogens with two attached hydrogens (primary N) is 1. The van der Waals surface area contributed by atoms with Gasteiger partial charge in [-0.1, -0.05) is 17.7 Å². The standard InChI is InChI=1S/C16H12ClN5O4/c1-8-5-25-16(26-8)15(7-19)12(14(15,6-18)13(20)21-16)10-3-2-9(22(23)24)4-11(10)17/h2-4,8,12H,5H2,1H3,(H2,20,21)/p+1/t8-,12-,14-,15-,16-/m1/s1. The number of nitro groups is 1. The highest BCUT2D eigenvalue weighted by atomic mass is 35.5. The summed E-state index contributed by atoms with van der Waals surface area (Å²) < 4.78 is 11.6. The molecule has 1 aromatic rings. The lowest BCUT2D eigenvalue weighted by atomic mass is 9.94. The minimum Gasteiger partial charge on any atom is -0.311 e. The van der Waals surface area contributed by atoms with E-state index in [-0.39, 0.29) is 29.3 Å². The molecule has 0 amide bonds. The molecule has 1 spiro atoms. The molecule has 0 radical (unpaired) electrons. The van der Waals surface area contributed by atoms with Crippen molar-refractivity contribution in [2.75, 3.05) is 6.61 Å². The Bertz CT molecular complexity index is 968. The number of nitrogens with zero attached hydrogens (tertiary/aromatic N) is 3. The van der Waals surface area contributed by atoms with E-state index in [1.165, 1.54) is 18.2 Å². The molecule has 9 nitrogen and oxygen atoms in total. The lowest BCUT2D eigenvalue weighted by Gasteiger charge is -2.24. The number of ether oxygens (including phenoxy) is 2. The highest BCUT2D eigenvalue weighted by Crippen LogP contribution is 2.79. The summed E-state index contributed by atoms with van der Waals surface area (Å²) in [6.07, 6.45) is -0.302. The van der Waals surface area contributed by atoms with Crippen molar-refractivity contribution in [3.8, 4) is 12.1 Å². The number of rotatable bonds is 2. The fourth-order valence-electron chi connectivity index (χ4n) is 4.29. The molecule has 1 saturated heterocycles. The van der Waals surface area contributed by atoms with Crippen LogP contribution in [0.15, 0.2) is 18.2 Å². The number of nitrogens with one attached hydrogen (secondary N) is 1. The van der Waals surface area contributed by atoms with Crippen molar-refractivity contribution in [3.05, 3.63) is 38.9 Å². The highest BCUT2D eigenvalue weighted by Gasteiger charge is 2.98. The summed E-state index contributed by atoms with van der Waals surface area (Å²) in [5.41, 5.74) is 3.46. The summed E-state index contributed by atoms with van der Waals surface area (Å²) in [6.45, 7) is 2.01. The monoisotopic (exact) mass is 374 g/mol. The average Bonchev–Trinajstić information content (AvgIpc) is 2.97. The van der Waals surface area contributed by atoms with Gasteiger partial charge in [-0.05, 0) is 12.5 Å². The van der Waals surface area contributed by atoms with Crippen molar-refractivity contribution in [2.45, 2.75) is 24.9 Å². The van der Waals surface area contributed by atoms with Crippen LogP contribution in [0.4, 0.5) is 5.69 Å². The van der Waals surface area contributed by atoms with Crippen molar-refractivity contribution in [1.82, 2.24) is 0 Å². The second kappa shape index (κ2) is 4.92. The minimum absolute atomic E-state index is 0.0649. The van der Waals surface area contributed by atoms with Crippen molar-refractivity contribution in [3.63, 3.8) is 0 Å². The van der Waals surface area contributed by atoms with Crippen molar-refractivity contribution in [1.29, 1.82) is 10.5 Å². The molecule has 26 heavy (non-hydrogen) atoms. The van der Waals surface area contributed by atoms with E-state index >= 15 is 0 Å². The second-order valence-corrected chi connectivity index (χ2v) is 7.04. The normalized spacial score (nSPS) is 39.8. The average molecular weight is 375 g/mol. The number of nitriles is 2. The quantitative estimate of drug-likeness (QED) is 0.542. The number of non-ortho nitro benzene ring substituents is 1. The first-order chi connectivity index (χ1) is 12.3. The third-order valence-electron chi connectivity index (χ3n) is 5.39. The van der Waals surface area contributed by atoms with Gasteiger partial charge in [-0.3, -0.25) is 15.8 Å². The Hall–Kier alpha value is -2.72. The summed E-state index contributed by atoms with van der Waals surface area (Å²) >= 11 is 6.25. The molecule has 10 heteroatoms. The van der Waals surface area contributed by atoms with Crippen LogP contribution in [-0.4, -0.2) is 29.4 Å². The number of amidine groups is 1. The van der Waals surface area contributed by atoms with Crippen molar-refractivity contribution < 1.29 is 19.4 Å². The lowest BCUT2D eigenvalue weighted by molar-refractivity contribution is -0.677. The zero-order valence-corrected chi connectivity index (χ0v) is 14.3. The minimum atomic E-state index is -1.56. The molecule has 1 saturated carbocycles. The van der Waals surface area contributed by atoms with E-state index in [1.54, 1.807) is 6.92 Å². The zero-order valence-electron chi connectivity index (χ0n) is 13.5. The molecule has 0 unspecified atom stereocenters. The van der Waals surface area contributed by atoms with E-state index in [1.807, 2.05) is 0 Å². The van der Waals surface area contributed by atoms with Crippen LogP contribution < -0.4 is 10.7 Å². The van der Waals surface area contributed by atoms with Gasteiger partial charge >= 0.3 is 5.91 Å². The van der Waals surface area contributed by atoms with Gasteiger partial charge in [0, 0.05) is 18.1 Å². The van der Waals surface area contributed by atoms with Crippen molar-refractivity contribution >= 4 is 23.1 Å².